The normalized spacial score (nSPS) is 23.9. The van der Waals surface area contributed by atoms with E-state index in [9.17, 15) is 0 Å². The molecule has 0 saturated carbocycles. The van der Waals surface area contributed by atoms with E-state index in [4.69, 9.17) is 9.84 Å². The summed E-state index contributed by atoms with van der Waals surface area (Å²) in [5, 5.41) is 12.6. The third-order valence-corrected chi connectivity index (χ3v) is 3.84. The van der Waals surface area contributed by atoms with Crippen LogP contribution in [0, 0.1) is 0 Å². The third kappa shape index (κ3) is 2.82. The Morgan fingerprint density at radius 2 is 2.39 bits per heavy atom. The Bertz CT molecular complexity index is 359. The number of piperidine rings is 1. The molecule has 2 heterocycles. The average molecular weight is 250 g/mol. The molecule has 0 aliphatic carbocycles. The van der Waals surface area contributed by atoms with Crippen molar-refractivity contribution in [3.05, 3.63) is 23.9 Å². The molecule has 1 aliphatic rings. The Kier molecular flexibility index (Phi) is 4.55. The van der Waals surface area contributed by atoms with Gasteiger partial charge in [0.25, 0.3) is 0 Å². The molecule has 0 amide bonds. The quantitative estimate of drug-likeness (QED) is 0.831. The van der Waals surface area contributed by atoms with Crippen LogP contribution in [0.4, 0.5) is 0 Å². The van der Waals surface area contributed by atoms with E-state index in [1.165, 1.54) is 12.0 Å². The van der Waals surface area contributed by atoms with Crippen LogP contribution in [0.5, 0.6) is 5.88 Å². The SMILES string of the molecule is COc1ccc([C@]2(CCCO)CCCNC2)cn1. The average Bonchev–Trinajstić information content (AvgIpc) is 2.46. The number of aliphatic hydroxyl groups is 1. The summed E-state index contributed by atoms with van der Waals surface area (Å²) in [6.07, 6.45) is 6.10. The molecule has 1 saturated heterocycles. The number of aliphatic hydroxyl groups excluding tert-OH is 1. The minimum absolute atomic E-state index is 0.125. The van der Waals surface area contributed by atoms with Gasteiger partial charge >= 0.3 is 0 Å². The van der Waals surface area contributed by atoms with Gasteiger partial charge < -0.3 is 15.2 Å². The second-order valence-electron chi connectivity index (χ2n) is 4.98. The summed E-state index contributed by atoms with van der Waals surface area (Å²) in [6, 6.07) is 4.03. The molecule has 2 N–H and O–H groups in total. The van der Waals surface area contributed by atoms with E-state index < -0.39 is 0 Å². The van der Waals surface area contributed by atoms with Crippen molar-refractivity contribution in [2.24, 2.45) is 0 Å². The first-order valence-corrected chi connectivity index (χ1v) is 6.63. The number of rotatable bonds is 5. The highest BCUT2D eigenvalue weighted by Crippen LogP contribution is 2.35. The zero-order valence-corrected chi connectivity index (χ0v) is 11.0. The van der Waals surface area contributed by atoms with Crippen LogP contribution in [0.15, 0.2) is 18.3 Å². The van der Waals surface area contributed by atoms with Crippen LogP contribution in [0.3, 0.4) is 0 Å². The lowest BCUT2D eigenvalue weighted by Crippen LogP contribution is -2.43. The minimum atomic E-state index is 0.125. The number of ether oxygens (including phenoxy) is 1. The van der Waals surface area contributed by atoms with Crippen LogP contribution in [0.1, 0.15) is 31.2 Å². The number of hydrogen-bond acceptors (Lipinski definition) is 4. The van der Waals surface area contributed by atoms with E-state index >= 15 is 0 Å². The van der Waals surface area contributed by atoms with Gasteiger partial charge in [-0.3, -0.25) is 0 Å². The Labute approximate surface area is 108 Å². The van der Waals surface area contributed by atoms with Crippen molar-refractivity contribution >= 4 is 0 Å². The van der Waals surface area contributed by atoms with Crippen LogP contribution < -0.4 is 10.1 Å². The number of pyridine rings is 1. The van der Waals surface area contributed by atoms with Crippen molar-refractivity contribution in [2.75, 3.05) is 26.8 Å². The molecule has 4 heteroatoms. The fourth-order valence-corrected chi connectivity index (χ4v) is 2.80. The number of nitrogens with one attached hydrogen (secondary N) is 1. The number of methoxy groups -OCH3 is 1. The summed E-state index contributed by atoms with van der Waals surface area (Å²) < 4.78 is 5.10. The summed E-state index contributed by atoms with van der Waals surface area (Å²) in [7, 11) is 1.63. The molecular weight excluding hydrogens is 228 g/mol. The fraction of sp³-hybridized carbons (Fsp3) is 0.643. The van der Waals surface area contributed by atoms with Crippen LogP contribution in [0.25, 0.3) is 0 Å². The van der Waals surface area contributed by atoms with E-state index in [0.717, 1.165) is 32.4 Å². The lowest BCUT2D eigenvalue weighted by atomic mass is 9.72. The van der Waals surface area contributed by atoms with Crippen molar-refractivity contribution in [1.29, 1.82) is 0 Å². The Morgan fingerprint density at radius 3 is 2.94 bits per heavy atom. The molecular formula is C14H22N2O2. The monoisotopic (exact) mass is 250 g/mol. The Balaban J connectivity index is 2.20. The summed E-state index contributed by atoms with van der Waals surface area (Å²) in [5.41, 5.74) is 1.38. The van der Waals surface area contributed by atoms with Gasteiger partial charge in [0, 0.05) is 30.8 Å². The van der Waals surface area contributed by atoms with Gasteiger partial charge in [-0.1, -0.05) is 6.07 Å². The van der Waals surface area contributed by atoms with Crippen molar-refractivity contribution in [3.63, 3.8) is 0 Å². The molecule has 4 nitrogen and oxygen atoms in total. The Hall–Kier alpha value is -1.13. The number of nitrogens with zero attached hydrogens (tertiary/aromatic N) is 1. The Morgan fingerprint density at radius 1 is 1.50 bits per heavy atom. The zero-order valence-electron chi connectivity index (χ0n) is 11.0. The molecule has 0 aromatic carbocycles. The molecule has 0 bridgehead atoms. The van der Waals surface area contributed by atoms with E-state index in [2.05, 4.69) is 16.4 Å². The second kappa shape index (κ2) is 6.16. The van der Waals surface area contributed by atoms with Crippen LogP contribution >= 0.6 is 0 Å². The molecule has 1 aromatic heterocycles. The van der Waals surface area contributed by atoms with Crippen LogP contribution in [-0.4, -0.2) is 36.9 Å². The minimum Gasteiger partial charge on any atom is -0.481 e. The zero-order chi connectivity index (χ0) is 12.8. The first-order valence-electron chi connectivity index (χ1n) is 6.63. The highest BCUT2D eigenvalue weighted by atomic mass is 16.5. The van der Waals surface area contributed by atoms with Crippen LogP contribution in [-0.2, 0) is 5.41 Å². The highest BCUT2D eigenvalue weighted by molar-refractivity contribution is 5.27. The summed E-state index contributed by atoms with van der Waals surface area (Å²) in [5.74, 6) is 0.653. The van der Waals surface area contributed by atoms with Crippen molar-refractivity contribution in [1.82, 2.24) is 10.3 Å². The maximum atomic E-state index is 9.08. The highest BCUT2D eigenvalue weighted by Gasteiger charge is 2.33. The molecule has 1 aromatic rings. The third-order valence-electron chi connectivity index (χ3n) is 3.84. The predicted octanol–water partition coefficient (Wildman–Crippen LogP) is 1.48. The molecule has 2 rings (SSSR count). The van der Waals surface area contributed by atoms with Gasteiger partial charge in [-0.25, -0.2) is 4.98 Å². The van der Waals surface area contributed by atoms with Gasteiger partial charge in [0.1, 0.15) is 0 Å². The van der Waals surface area contributed by atoms with Crippen molar-refractivity contribution in [2.45, 2.75) is 31.1 Å². The van der Waals surface area contributed by atoms with Crippen molar-refractivity contribution in [3.8, 4) is 5.88 Å². The van der Waals surface area contributed by atoms with E-state index in [0.29, 0.717) is 5.88 Å². The van der Waals surface area contributed by atoms with Gasteiger partial charge in [-0.05, 0) is 37.8 Å². The smallest absolute Gasteiger partial charge is 0.212 e. The van der Waals surface area contributed by atoms with E-state index in [1.807, 2.05) is 12.3 Å². The molecule has 1 aliphatic heterocycles. The van der Waals surface area contributed by atoms with E-state index in [-0.39, 0.29) is 12.0 Å². The van der Waals surface area contributed by atoms with Gasteiger partial charge in [-0.15, -0.1) is 0 Å². The van der Waals surface area contributed by atoms with Gasteiger partial charge in [-0.2, -0.15) is 0 Å². The van der Waals surface area contributed by atoms with Crippen LogP contribution in [0.2, 0.25) is 0 Å². The van der Waals surface area contributed by atoms with Gasteiger partial charge in [0.05, 0.1) is 7.11 Å². The molecule has 1 atom stereocenters. The molecule has 1 fully saturated rings. The van der Waals surface area contributed by atoms with Crippen molar-refractivity contribution < 1.29 is 9.84 Å². The summed E-state index contributed by atoms with van der Waals surface area (Å²) >= 11 is 0. The molecule has 100 valence electrons. The molecule has 0 unspecified atom stereocenters. The topological polar surface area (TPSA) is 54.4 Å². The molecule has 18 heavy (non-hydrogen) atoms. The number of aromatic nitrogens is 1. The van der Waals surface area contributed by atoms with Gasteiger partial charge in [0.2, 0.25) is 5.88 Å². The first kappa shape index (κ1) is 13.3. The largest absolute Gasteiger partial charge is 0.481 e. The number of hydrogen-bond donors (Lipinski definition) is 2. The lowest BCUT2D eigenvalue weighted by molar-refractivity contribution is 0.234. The maximum absolute atomic E-state index is 9.08. The second-order valence-corrected chi connectivity index (χ2v) is 4.98. The lowest BCUT2D eigenvalue weighted by Gasteiger charge is -2.38. The first-order chi connectivity index (χ1) is 8.80. The summed E-state index contributed by atoms with van der Waals surface area (Å²) in [6.45, 7) is 2.32. The molecule has 0 radical (unpaired) electrons. The van der Waals surface area contributed by atoms with E-state index in [1.54, 1.807) is 7.11 Å². The molecule has 0 spiro atoms. The fourth-order valence-electron chi connectivity index (χ4n) is 2.80. The maximum Gasteiger partial charge on any atom is 0.212 e. The van der Waals surface area contributed by atoms with Gasteiger partial charge in [0.15, 0.2) is 0 Å². The summed E-state index contributed by atoms with van der Waals surface area (Å²) in [4.78, 5) is 4.31. The predicted molar refractivity (Wildman–Crippen MR) is 70.9 cm³/mol. The standard InChI is InChI=1S/C14H22N2O2/c1-18-13-5-4-12(10-16-13)14(7-3-9-17)6-2-8-15-11-14/h4-5,10,15,17H,2-3,6-9,11H2,1H3/t14-/m0/s1.